The fourth-order valence-electron chi connectivity index (χ4n) is 4.04. The minimum Gasteiger partial charge on any atom is -0.350 e. The Morgan fingerprint density at radius 2 is 1.75 bits per heavy atom. The molecule has 0 spiro atoms. The van der Waals surface area contributed by atoms with E-state index in [9.17, 15) is 9.59 Å². The van der Waals surface area contributed by atoms with Crippen LogP contribution < -0.4 is 5.43 Å². The number of aromatic nitrogens is 1. The number of rotatable bonds is 2. The minimum absolute atomic E-state index is 0.0658. The Hall–Kier alpha value is -2.14. The third kappa shape index (κ3) is 2.84. The van der Waals surface area contributed by atoms with Crippen LogP contribution >= 0.6 is 0 Å². The van der Waals surface area contributed by atoms with E-state index in [1.54, 1.807) is 6.07 Å². The fourth-order valence-corrected chi connectivity index (χ4v) is 4.04. The molecule has 24 heavy (non-hydrogen) atoms. The van der Waals surface area contributed by atoms with Crippen molar-refractivity contribution >= 4 is 16.8 Å². The second-order valence-electron chi connectivity index (χ2n) is 6.86. The molecule has 0 unspecified atom stereocenters. The molecule has 5 heteroatoms. The number of H-pyrrole nitrogens is 1. The quantitative estimate of drug-likeness (QED) is 0.921. The van der Waals surface area contributed by atoms with Gasteiger partial charge in [0.15, 0.2) is 5.43 Å². The Morgan fingerprint density at radius 3 is 2.50 bits per heavy atom. The Morgan fingerprint density at radius 1 is 1.04 bits per heavy atom. The van der Waals surface area contributed by atoms with Crippen molar-refractivity contribution < 1.29 is 4.79 Å². The van der Waals surface area contributed by atoms with Crippen LogP contribution in [0, 0.1) is 0 Å². The van der Waals surface area contributed by atoms with Crippen LogP contribution in [0.25, 0.3) is 10.9 Å². The van der Waals surface area contributed by atoms with Gasteiger partial charge in [-0.3, -0.25) is 14.5 Å². The fraction of sp³-hybridized carbons (Fsp3) is 0.474. The lowest BCUT2D eigenvalue weighted by atomic mass is 10.1. The standard InChI is InChI=1S/C19H23N3O2/c23-18-13-17(20-16-8-4-3-7-15(16)18)19(24)22-11-9-21(10-12-22)14-5-1-2-6-14/h3-4,7-8,13-14H,1-2,5-6,9-12H2,(H,20,23). The topological polar surface area (TPSA) is 56.4 Å². The SMILES string of the molecule is O=C(c1cc(=O)c2ccccc2[nH]1)N1CCN(C2CCCC2)CC1. The van der Waals surface area contributed by atoms with E-state index in [1.165, 1.54) is 31.7 Å². The zero-order valence-electron chi connectivity index (χ0n) is 13.8. The van der Waals surface area contributed by atoms with E-state index in [2.05, 4.69) is 9.88 Å². The summed E-state index contributed by atoms with van der Waals surface area (Å²) in [6, 6.07) is 9.47. The van der Waals surface area contributed by atoms with Crippen molar-refractivity contribution in [3.63, 3.8) is 0 Å². The molecule has 2 fully saturated rings. The lowest BCUT2D eigenvalue weighted by molar-refractivity contribution is 0.0568. The molecule has 1 aromatic carbocycles. The summed E-state index contributed by atoms with van der Waals surface area (Å²) in [6.07, 6.45) is 5.27. The van der Waals surface area contributed by atoms with E-state index in [4.69, 9.17) is 0 Å². The average molecular weight is 325 g/mol. The maximum absolute atomic E-state index is 12.8. The zero-order valence-corrected chi connectivity index (χ0v) is 13.8. The second kappa shape index (κ2) is 6.40. The van der Waals surface area contributed by atoms with E-state index in [1.807, 2.05) is 23.1 Å². The molecule has 0 atom stereocenters. The van der Waals surface area contributed by atoms with Crippen molar-refractivity contribution in [2.45, 2.75) is 31.7 Å². The minimum atomic E-state index is -0.0997. The van der Waals surface area contributed by atoms with Gasteiger partial charge in [-0.05, 0) is 25.0 Å². The maximum atomic E-state index is 12.8. The van der Waals surface area contributed by atoms with Gasteiger partial charge in [-0.15, -0.1) is 0 Å². The van der Waals surface area contributed by atoms with E-state index in [0.717, 1.165) is 31.7 Å². The van der Waals surface area contributed by atoms with E-state index in [-0.39, 0.29) is 11.3 Å². The first-order valence-electron chi connectivity index (χ1n) is 8.88. The summed E-state index contributed by atoms with van der Waals surface area (Å²) in [5.74, 6) is -0.0658. The predicted octanol–water partition coefficient (Wildman–Crippen LogP) is 2.23. The van der Waals surface area contributed by atoms with Crippen molar-refractivity contribution in [2.24, 2.45) is 0 Å². The molecule has 1 saturated carbocycles. The van der Waals surface area contributed by atoms with E-state index >= 15 is 0 Å². The number of aromatic amines is 1. The number of carbonyl (C=O) groups excluding carboxylic acids is 1. The number of benzene rings is 1. The first kappa shape index (κ1) is 15.4. The number of fused-ring (bicyclic) bond motifs is 1. The number of carbonyl (C=O) groups is 1. The number of amides is 1. The molecule has 1 aliphatic heterocycles. The second-order valence-corrected chi connectivity index (χ2v) is 6.86. The van der Waals surface area contributed by atoms with Crippen LogP contribution in [0.3, 0.4) is 0 Å². The van der Waals surface area contributed by atoms with Crippen LogP contribution in [0.15, 0.2) is 35.1 Å². The Kier molecular flexibility index (Phi) is 4.10. The van der Waals surface area contributed by atoms with Gasteiger partial charge in [0, 0.05) is 49.2 Å². The molecular formula is C19H23N3O2. The van der Waals surface area contributed by atoms with Crippen LogP contribution in [0.2, 0.25) is 0 Å². The summed E-state index contributed by atoms with van der Waals surface area (Å²) >= 11 is 0. The third-order valence-corrected chi connectivity index (χ3v) is 5.41. The molecule has 2 aliphatic rings. The molecule has 2 heterocycles. The van der Waals surface area contributed by atoms with Crippen LogP contribution in [-0.4, -0.2) is 52.9 Å². The van der Waals surface area contributed by atoms with Crippen molar-refractivity contribution in [3.8, 4) is 0 Å². The van der Waals surface area contributed by atoms with Gasteiger partial charge in [0.25, 0.3) is 5.91 Å². The Labute approximate surface area is 141 Å². The molecule has 5 nitrogen and oxygen atoms in total. The molecule has 1 N–H and O–H groups in total. The highest BCUT2D eigenvalue weighted by Crippen LogP contribution is 2.24. The van der Waals surface area contributed by atoms with Gasteiger partial charge in [-0.2, -0.15) is 0 Å². The summed E-state index contributed by atoms with van der Waals surface area (Å²) in [4.78, 5) is 32.5. The number of hydrogen-bond acceptors (Lipinski definition) is 3. The van der Waals surface area contributed by atoms with Crippen molar-refractivity contribution in [1.29, 1.82) is 0 Å². The smallest absolute Gasteiger partial charge is 0.270 e. The molecule has 1 saturated heterocycles. The van der Waals surface area contributed by atoms with E-state index < -0.39 is 0 Å². The number of para-hydroxylation sites is 1. The van der Waals surface area contributed by atoms with Gasteiger partial charge in [-0.25, -0.2) is 0 Å². The molecular weight excluding hydrogens is 302 g/mol. The van der Waals surface area contributed by atoms with Gasteiger partial charge in [-0.1, -0.05) is 25.0 Å². The van der Waals surface area contributed by atoms with Gasteiger partial charge < -0.3 is 9.88 Å². The molecule has 4 rings (SSSR count). The lowest BCUT2D eigenvalue weighted by Gasteiger charge is -2.38. The predicted molar refractivity (Wildman–Crippen MR) is 94.3 cm³/mol. The number of pyridine rings is 1. The monoisotopic (exact) mass is 325 g/mol. The zero-order chi connectivity index (χ0) is 16.5. The van der Waals surface area contributed by atoms with Crippen molar-refractivity contribution in [1.82, 2.24) is 14.8 Å². The van der Waals surface area contributed by atoms with Crippen LogP contribution in [0.4, 0.5) is 0 Å². The summed E-state index contributed by atoms with van der Waals surface area (Å²) in [7, 11) is 0. The first-order valence-corrected chi connectivity index (χ1v) is 8.88. The highest BCUT2D eigenvalue weighted by atomic mass is 16.2. The van der Waals surface area contributed by atoms with Gasteiger partial charge >= 0.3 is 0 Å². The molecule has 2 aromatic rings. The first-order chi connectivity index (χ1) is 11.7. The normalized spacial score (nSPS) is 19.9. The van der Waals surface area contributed by atoms with Gasteiger partial charge in [0.2, 0.25) is 0 Å². The summed E-state index contributed by atoms with van der Waals surface area (Å²) in [6.45, 7) is 3.36. The molecule has 1 amide bonds. The Bertz CT molecular complexity index is 800. The molecule has 0 bridgehead atoms. The molecule has 0 radical (unpaired) electrons. The third-order valence-electron chi connectivity index (χ3n) is 5.41. The molecule has 126 valence electrons. The van der Waals surface area contributed by atoms with Crippen LogP contribution in [0.5, 0.6) is 0 Å². The number of piperazine rings is 1. The number of nitrogens with one attached hydrogen (secondary N) is 1. The summed E-state index contributed by atoms with van der Waals surface area (Å²) in [5.41, 5.74) is 1.02. The van der Waals surface area contributed by atoms with E-state index in [0.29, 0.717) is 17.1 Å². The summed E-state index contributed by atoms with van der Waals surface area (Å²) in [5, 5.41) is 0.625. The summed E-state index contributed by atoms with van der Waals surface area (Å²) < 4.78 is 0. The van der Waals surface area contributed by atoms with Crippen LogP contribution in [0.1, 0.15) is 36.2 Å². The number of nitrogens with zero attached hydrogens (tertiary/aromatic N) is 2. The van der Waals surface area contributed by atoms with Gasteiger partial charge in [0.05, 0.1) is 0 Å². The van der Waals surface area contributed by atoms with Crippen LogP contribution in [-0.2, 0) is 0 Å². The highest BCUT2D eigenvalue weighted by molar-refractivity contribution is 5.94. The maximum Gasteiger partial charge on any atom is 0.270 e. The lowest BCUT2D eigenvalue weighted by Crippen LogP contribution is -2.51. The Balaban J connectivity index is 1.49. The van der Waals surface area contributed by atoms with Gasteiger partial charge in [0.1, 0.15) is 5.69 Å². The molecule has 1 aromatic heterocycles. The highest BCUT2D eigenvalue weighted by Gasteiger charge is 2.28. The largest absolute Gasteiger partial charge is 0.350 e. The van der Waals surface area contributed by atoms with Crippen molar-refractivity contribution in [2.75, 3.05) is 26.2 Å². The molecule has 1 aliphatic carbocycles. The number of hydrogen-bond donors (Lipinski definition) is 1. The van der Waals surface area contributed by atoms with Crippen molar-refractivity contribution in [3.05, 3.63) is 46.2 Å². The average Bonchev–Trinajstić information content (AvgIpc) is 3.16.